The van der Waals surface area contributed by atoms with E-state index in [4.69, 9.17) is 0 Å². The molecule has 0 fully saturated rings. The van der Waals surface area contributed by atoms with Gasteiger partial charge >= 0.3 is 0 Å². The Hall–Kier alpha value is -4.66. The third-order valence-corrected chi connectivity index (χ3v) is 5.35. The number of aromatic amines is 1. The summed E-state index contributed by atoms with van der Waals surface area (Å²) in [4.78, 5) is 29.7. The molecule has 0 spiro atoms. The third kappa shape index (κ3) is 4.38. The number of amides is 1. The Bertz CT molecular complexity index is 1460. The molecule has 9 nitrogen and oxygen atoms in total. The number of pyridine rings is 2. The number of hydrogen-bond donors (Lipinski definition) is 2. The van der Waals surface area contributed by atoms with Gasteiger partial charge in [-0.05, 0) is 52.1 Å². The van der Waals surface area contributed by atoms with Crippen molar-refractivity contribution in [3.63, 3.8) is 0 Å². The average Bonchev–Trinajstić information content (AvgIpc) is 3.40. The molecule has 0 unspecified atom stereocenters. The van der Waals surface area contributed by atoms with Crippen molar-refractivity contribution in [2.75, 3.05) is 0 Å². The molecule has 3 aromatic heterocycles. The summed E-state index contributed by atoms with van der Waals surface area (Å²) in [6, 6.07) is 18.3. The molecule has 2 aromatic carbocycles. The van der Waals surface area contributed by atoms with E-state index in [1.165, 1.54) is 0 Å². The molecule has 5 rings (SSSR count). The lowest BCUT2D eigenvalue weighted by Crippen LogP contribution is -2.24. The number of fused-ring (bicyclic) bond motifs is 1. The van der Waals surface area contributed by atoms with Crippen molar-refractivity contribution in [3.05, 3.63) is 106 Å². The van der Waals surface area contributed by atoms with Crippen molar-refractivity contribution in [1.29, 1.82) is 0 Å². The van der Waals surface area contributed by atoms with Gasteiger partial charge in [-0.1, -0.05) is 30.3 Å². The molecule has 0 bridgehead atoms. The van der Waals surface area contributed by atoms with Gasteiger partial charge in [-0.25, -0.2) is 0 Å². The van der Waals surface area contributed by atoms with E-state index in [0.29, 0.717) is 29.9 Å². The van der Waals surface area contributed by atoms with Gasteiger partial charge in [-0.3, -0.25) is 14.6 Å². The van der Waals surface area contributed by atoms with E-state index in [-0.39, 0.29) is 11.5 Å². The summed E-state index contributed by atoms with van der Waals surface area (Å²) in [7, 11) is 0. The van der Waals surface area contributed by atoms with Crippen molar-refractivity contribution >= 4 is 16.7 Å². The Kier molecular flexibility index (Phi) is 5.42. The SMILES string of the molecule is O=C(NCc1ccncc1)c1ccc2ccn(Cc3ccc(-c4nn[nH]n4)cc3)c(=O)c2c1. The number of rotatable bonds is 6. The summed E-state index contributed by atoms with van der Waals surface area (Å²) < 4.78 is 1.63. The molecule has 0 atom stereocenters. The van der Waals surface area contributed by atoms with E-state index in [2.05, 4.69) is 30.9 Å². The standard InChI is InChI=1S/C24H19N7O2/c32-23(26-14-16-7-10-25-11-8-16)20-6-5-18-9-12-31(24(33)21(18)13-20)15-17-1-3-19(4-2-17)22-27-29-30-28-22/h1-13H,14-15H2,(H,26,32)(H,27,28,29,30). The van der Waals surface area contributed by atoms with Gasteiger partial charge in [0.2, 0.25) is 5.82 Å². The van der Waals surface area contributed by atoms with E-state index in [1.807, 2.05) is 42.5 Å². The predicted octanol–water partition coefficient (Wildman–Crippen LogP) is 2.55. The van der Waals surface area contributed by atoms with Crippen molar-refractivity contribution < 1.29 is 4.79 Å². The van der Waals surface area contributed by atoms with Crippen LogP contribution < -0.4 is 10.9 Å². The number of carbonyl (C=O) groups is 1. The number of carbonyl (C=O) groups excluding carboxylic acids is 1. The van der Waals surface area contributed by atoms with Gasteiger partial charge in [0, 0.05) is 41.6 Å². The van der Waals surface area contributed by atoms with E-state index in [9.17, 15) is 9.59 Å². The van der Waals surface area contributed by atoms with Gasteiger partial charge in [-0.2, -0.15) is 5.21 Å². The van der Waals surface area contributed by atoms with Crippen LogP contribution in [0.4, 0.5) is 0 Å². The molecule has 162 valence electrons. The average molecular weight is 437 g/mol. The van der Waals surface area contributed by atoms with Crippen LogP contribution in [0.3, 0.4) is 0 Å². The van der Waals surface area contributed by atoms with Gasteiger partial charge in [0.05, 0.1) is 6.54 Å². The molecule has 5 aromatic rings. The van der Waals surface area contributed by atoms with Crippen molar-refractivity contribution in [2.45, 2.75) is 13.1 Å². The summed E-state index contributed by atoms with van der Waals surface area (Å²) >= 11 is 0. The maximum atomic E-state index is 13.1. The minimum atomic E-state index is -0.236. The Morgan fingerprint density at radius 1 is 0.970 bits per heavy atom. The van der Waals surface area contributed by atoms with Gasteiger partial charge in [0.25, 0.3) is 11.5 Å². The van der Waals surface area contributed by atoms with Crippen LogP contribution >= 0.6 is 0 Å². The largest absolute Gasteiger partial charge is 0.348 e. The van der Waals surface area contributed by atoms with Crippen LogP contribution in [0.1, 0.15) is 21.5 Å². The van der Waals surface area contributed by atoms with Crippen LogP contribution in [0.15, 0.2) is 84.0 Å². The fourth-order valence-corrected chi connectivity index (χ4v) is 3.57. The molecule has 1 amide bonds. The highest BCUT2D eigenvalue weighted by atomic mass is 16.1. The fourth-order valence-electron chi connectivity index (χ4n) is 3.57. The predicted molar refractivity (Wildman–Crippen MR) is 122 cm³/mol. The number of H-pyrrole nitrogens is 1. The minimum absolute atomic E-state index is 0.154. The van der Waals surface area contributed by atoms with Gasteiger partial charge < -0.3 is 9.88 Å². The molecule has 0 saturated carbocycles. The number of benzene rings is 2. The smallest absolute Gasteiger partial charge is 0.258 e. The first-order valence-corrected chi connectivity index (χ1v) is 10.3. The van der Waals surface area contributed by atoms with E-state index >= 15 is 0 Å². The first-order valence-electron chi connectivity index (χ1n) is 10.3. The van der Waals surface area contributed by atoms with Crippen LogP contribution in [0.2, 0.25) is 0 Å². The van der Waals surface area contributed by atoms with Crippen LogP contribution in [0, 0.1) is 0 Å². The number of nitrogens with one attached hydrogen (secondary N) is 2. The molecule has 0 aliphatic carbocycles. The molecule has 3 heterocycles. The molecule has 2 N–H and O–H groups in total. The zero-order valence-corrected chi connectivity index (χ0v) is 17.5. The molecular formula is C24H19N7O2. The second-order valence-corrected chi connectivity index (χ2v) is 7.52. The second-order valence-electron chi connectivity index (χ2n) is 7.52. The monoisotopic (exact) mass is 437 g/mol. The lowest BCUT2D eigenvalue weighted by atomic mass is 10.1. The topological polar surface area (TPSA) is 118 Å². The maximum absolute atomic E-state index is 13.1. The summed E-state index contributed by atoms with van der Waals surface area (Å²) in [5.41, 5.74) is 3.02. The zero-order valence-electron chi connectivity index (χ0n) is 17.5. The van der Waals surface area contributed by atoms with Gasteiger partial charge in [-0.15, -0.1) is 10.2 Å². The highest BCUT2D eigenvalue weighted by Gasteiger charge is 2.10. The quantitative estimate of drug-likeness (QED) is 0.421. The molecule has 0 radical (unpaired) electrons. The third-order valence-electron chi connectivity index (χ3n) is 5.35. The van der Waals surface area contributed by atoms with Crippen LogP contribution in [0.5, 0.6) is 0 Å². The number of hydrogen-bond acceptors (Lipinski definition) is 6. The van der Waals surface area contributed by atoms with Crippen LogP contribution in [0.25, 0.3) is 22.2 Å². The Morgan fingerprint density at radius 2 is 1.79 bits per heavy atom. The molecule has 0 saturated heterocycles. The van der Waals surface area contributed by atoms with E-state index in [1.54, 1.807) is 41.4 Å². The fraction of sp³-hybridized carbons (Fsp3) is 0.0833. The van der Waals surface area contributed by atoms with E-state index < -0.39 is 0 Å². The Balaban J connectivity index is 1.36. The minimum Gasteiger partial charge on any atom is -0.348 e. The van der Waals surface area contributed by atoms with E-state index in [0.717, 1.165) is 22.1 Å². The maximum Gasteiger partial charge on any atom is 0.258 e. The summed E-state index contributed by atoms with van der Waals surface area (Å²) in [5.74, 6) is 0.278. The second kappa shape index (κ2) is 8.83. The molecule has 9 heteroatoms. The summed E-state index contributed by atoms with van der Waals surface area (Å²) in [6.45, 7) is 0.790. The van der Waals surface area contributed by atoms with Crippen molar-refractivity contribution in [3.8, 4) is 11.4 Å². The van der Waals surface area contributed by atoms with Crippen LogP contribution in [-0.4, -0.2) is 36.1 Å². The lowest BCUT2D eigenvalue weighted by molar-refractivity contribution is 0.0951. The van der Waals surface area contributed by atoms with Crippen LogP contribution in [-0.2, 0) is 13.1 Å². The Morgan fingerprint density at radius 3 is 2.55 bits per heavy atom. The first kappa shape index (κ1) is 20.3. The van der Waals surface area contributed by atoms with Gasteiger partial charge in [0.15, 0.2) is 0 Å². The summed E-state index contributed by atoms with van der Waals surface area (Å²) in [5, 5.41) is 18.1. The van der Waals surface area contributed by atoms with Crippen molar-refractivity contribution in [2.24, 2.45) is 0 Å². The summed E-state index contributed by atoms with van der Waals surface area (Å²) in [6.07, 6.45) is 5.12. The normalized spacial score (nSPS) is 10.9. The van der Waals surface area contributed by atoms with Crippen molar-refractivity contribution in [1.82, 2.24) is 35.5 Å². The molecule has 33 heavy (non-hydrogen) atoms. The zero-order chi connectivity index (χ0) is 22.6. The lowest BCUT2D eigenvalue weighted by Gasteiger charge is -2.10. The number of tetrazole rings is 1. The molecular weight excluding hydrogens is 418 g/mol. The number of aromatic nitrogens is 6. The number of nitrogens with zero attached hydrogens (tertiary/aromatic N) is 5. The highest BCUT2D eigenvalue weighted by molar-refractivity contribution is 5.98. The first-order chi connectivity index (χ1) is 16.2. The molecule has 0 aliphatic rings. The van der Waals surface area contributed by atoms with Gasteiger partial charge in [0.1, 0.15) is 0 Å². The Labute approximate surface area is 188 Å². The highest BCUT2D eigenvalue weighted by Crippen LogP contribution is 2.16. The molecule has 0 aliphatic heterocycles.